The van der Waals surface area contributed by atoms with Crippen LogP contribution in [-0.4, -0.2) is 49.3 Å². The number of rotatable bonds is 7. The maximum atomic E-state index is 13.9. The van der Waals surface area contributed by atoms with E-state index in [4.69, 9.17) is 0 Å². The average Bonchev–Trinajstić information content (AvgIpc) is 2.98. The number of alkyl halides is 9. The van der Waals surface area contributed by atoms with Crippen LogP contribution in [0.1, 0.15) is 16.6 Å². The number of pyridine rings is 1. The van der Waals surface area contributed by atoms with Crippen LogP contribution in [0.2, 0.25) is 0 Å². The first-order valence-electron chi connectivity index (χ1n) is 7.60. The minimum absolute atomic E-state index is 0.0565. The number of hydrogen-bond donors (Lipinski definition) is 0. The van der Waals surface area contributed by atoms with Crippen LogP contribution in [0.5, 0.6) is 5.75 Å². The maximum Gasteiger partial charge on any atom is 0.460 e. The summed E-state index contributed by atoms with van der Waals surface area (Å²) in [6.07, 6.45) is -5.39. The predicted molar refractivity (Wildman–Crippen MR) is 86.0 cm³/mol. The van der Waals surface area contributed by atoms with Crippen molar-refractivity contribution in [2.45, 2.75) is 30.2 Å². The summed E-state index contributed by atoms with van der Waals surface area (Å²) in [6.45, 7) is 0.974. The van der Waals surface area contributed by atoms with Crippen molar-refractivity contribution in [3.8, 4) is 5.75 Å². The van der Waals surface area contributed by atoms with E-state index in [0.717, 1.165) is 18.5 Å². The lowest BCUT2D eigenvalue weighted by molar-refractivity contribution is -0.382. The minimum atomic E-state index is -7.48. The van der Waals surface area contributed by atoms with Gasteiger partial charge in [0, 0.05) is 17.1 Å². The number of thiophene rings is 1. The molecule has 0 spiro atoms. The van der Waals surface area contributed by atoms with Crippen LogP contribution in [0.3, 0.4) is 0 Å². The third-order valence-electron chi connectivity index (χ3n) is 3.53. The first-order chi connectivity index (χ1) is 13.9. The second kappa shape index (κ2) is 7.68. The minimum Gasteiger partial charge on any atom is -0.462 e. The molecular formula is C14H8F9NO5S2. The molecule has 0 aromatic carbocycles. The number of ether oxygens (including phenoxy) is 1. The van der Waals surface area contributed by atoms with Gasteiger partial charge in [-0.25, -0.2) is 4.79 Å². The molecule has 0 aliphatic rings. The van der Waals surface area contributed by atoms with E-state index in [-0.39, 0.29) is 11.3 Å². The molecule has 2 rings (SSSR count). The molecular weight excluding hydrogens is 497 g/mol. The molecule has 31 heavy (non-hydrogen) atoms. The Morgan fingerprint density at radius 1 is 1.06 bits per heavy atom. The van der Waals surface area contributed by atoms with Crippen LogP contribution >= 0.6 is 11.3 Å². The molecule has 174 valence electrons. The fourth-order valence-corrected chi connectivity index (χ4v) is 4.00. The highest BCUT2D eigenvalue weighted by molar-refractivity contribution is 7.88. The van der Waals surface area contributed by atoms with E-state index in [1.807, 2.05) is 0 Å². The first kappa shape index (κ1) is 25.0. The number of carbonyl (C=O) groups excluding carboxylic acids is 1. The van der Waals surface area contributed by atoms with Gasteiger partial charge in [0.05, 0.1) is 12.0 Å². The molecule has 0 aliphatic carbocycles. The lowest BCUT2D eigenvalue weighted by atomic mass is 10.1. The smallest absolute Gasteiger partial charge is 0.460 e. The largest absolute Gasteiger partial charge is 0.462 e. The second-order valence-electron chi connectivity index (χ2n) is 5.55. The van der Waals surface area contributed by atoms with Gasteiger partial charge in [-0.3, -0.25) is 4.98 Å². The summed E-state index contributed by atoms with van der Waals surface area (Å²) in [4.78, 5) is 14.6. The quantitative estimate of drug-likeness (QED) is 0.311. The molecule has 17 heteroatoms. The van der Waals surface area contributed by atoms with Crippen LogP contribution < -0.4 is 4.18 Å². The van der Waals surface area contributed by atoms with Gasteiger partial charge in [-0.1, -0.05) is 0 Å². The van der Waals surface area contributed by atoms with Crippen LogP contribution in [0.4, 0.5) is 39.5 Å². The summed E-state index contributed by atoms with van der Waals surface area (Å²) in [6, 6.07) is 1.12. The summed E-state index contributed by atoms with van der Waals surface area (Å²) in [5.41, 5.74) is 0. The molecule has 6 nitrogen and oxygen atoms in total. The van der Waals surface area contributed by atoms with Crippen LogP contribution in [0, 0.1) is 0 Å². The Kier molecular flexibility index (Phi) is 6.19. The third kappa shape index (κ3) is 3.88. The van der Waals surface area contributed by atoms with Gasteiger partial charge < -0.3 is 8.92 Å². The molecule has 2 aromatic rings. The molecule has 0 saturated carbocycles. The molecule has 0 aliphatic heterocycles. The number of halogens is 9. The number of esters is 1. The van der Waals surface area contributed by atoms with Crippen molar-refractivity contribution in [2.75, 3.05) is 6.61 Å². The van der Waals surface area contributed by atoms with E-state index >= 15 is 0 Å². The summed E-state index contributed by atoms with van der Waals surface area (Å²) in [5.74, 6) is -17.7. The fourth-order valence-electron chi connectivity index (χ4n) is 2.01. The molecule has 0 bridgehead atoms. The maximum absolute atomic E-state index is 13.9. The zero-order valence-corrected chi connectivity index (χ0v) is 16.3. The molecule has 0 N–H and O–H groups in total. The lowest BCUT2D eigenvalue weighted by Gasteiger charge is -2.32. The van der Waals surface area contributed by atoms with E-state index in [1.54, 1.807) is 0 Å². The number of carbonyl (C=O) groups is 1. The van der Waals surface area contributed by atoms with E-state index < -0.39 is 55.4 Å². The van der Waals surface area contributed by atoms with Gasteiger partial charge in [0.15, 0.2) is 10.6 Å². The molecule has 0 amide bonds. The highest BCUT2D eigenvalue weighted by Gasteiger charge is 2.86. The Bertz CT molecular complexity index is 1100. The van der Waals surface area contributed by atoms with Crippen molar-refractivity contribution >= 4 is 37.5 Å². The fraction of sp³-hybridized carbons (Fsp3) is 0.429. The normalized spacial score (nSPS) is 14.0. The molecule has 0 atom stereocenters. The molecule has 0 fully saturated rings. The predicted octanol–water partition coefficient (Wildman–Crippen LogP) is 4.61. The van der Waals surface area contributed by atoms with Gasteiger partial charge in [0.2, 0.25) is 0 Å². The van der Waals surface area contributed by atoms with E-state index in [2.05, 4.69) is 13.9 Å². The van der Waals surface area contributed by atoms with Crippen molar-refractivity contribution < 1.29 is 61.6 Å². The number of fused-ring (bicyclic) bond motifs is 1. The Morgan fingerprint density at radius 3 is 2.16 bits per heavy atom. The Labute approximate surface area is 170 Å². The van der Waals surface area contributed by atoms with Gasteiger partial charge in [-0.2, -0.15) is 47.9 Å². The lowest BCUT2D eigenvalue weighted by Crippen LogP contribution is -2.63. The Morgan fingerprint density at radius 2 is 1.65 bits per heavy atom. The van der Waals surface area contributed by atoms with Crippen molar-refractivity contribution in [3.05, 3.63) is 23.3 Å². The number of aromatic nitrogens is 1. The monoisotopic (exact) mass is 505 g/mol. The van der Waals surface area contributed by atoms with E-state index in [0.29, 0.717) is 11.3 Å². The molecule has 2 heterocycles. The summed E-state index contributed by atoms with van der Waals surface area (Å²) < 4.78 is 149. The molecule has 0 saturated heterocycles. The average molecular weight is 505 g/mol. The van der Waals surface area contributed by atoms with Gasteiger partial charge >= 0.3 is 39.4 Å². The van der Waals surface area contributed by atoms with Crippen molar-refractivity contribution in [2.24, 2.45) is 0 Å². The molecule has 2 aromatic heterocycles. The third-order valence-corrected chi connectivity index (χ3v) is 5.93. The molecule has 0 radical (unpaired) electrons. The number of hydrogen-bond acceptors (Lipinski definition) is 7. The summed E-state index contributed by atoms with van der Waals surface area (Å²) in [5, 5.41) is -7.60. The highest BCUT2D eigenvalue weighted by atomic mass is 32.2. The zero-order valence-electron chi connectivity index (χ0n) is 14.6. The van der Waals surface area contributed by atoms with Crippen LogP contribution in [0.15, 0.2) is 18.5 Å². The summed E-state index contributed by atoms with van der Waals surface area (Å²) in [7, 11) is -7.24. The van der Waals surface area contributed by atoms with Crippen molar-refractivity contribution in [1.29, 1.82) is 0 Å². The van der Waals surface area contributed by atoms with Crippen LogP contribution in [-0.2, 0) is 14.9 Å². The number of nitrogens with zero attached hydrogens (tertiary/aromatic N) is 1. The standard InChI is InChI=1S/C14H8F9NO5S2/c1-2-28-10(25)9-8(6-5-24-4-3-7(6)30-9)29-31(26,27)14(22,23)12(17,18)11(15,16)13(19,20)21/h3-5H,2H2,1H3. The molecule has 0 unspecified atom stereocenters. The first-order valence-corrected chi connectivity index (χ1v) is 9.82. The zero-order chi connectivity index (χ0) is 24.0. The van der Waals surface area contributed by atoms with Gasteiger partial charge in [0.25, 0.3) is 0 Å². The topological polar surface area (TPSA) is 82.6 Å². The SMILES string of the molecule is CCOC(=O)c1sc2ccncc2c1OS(=O)(=O)C(F)(F)C(F)(F)C(F)(F)C(F)(F)F. The highest BCUT2D eigenvalue weighted by Crippen LogP contribution is 2.55. The van der Waals surface area contributed by atoms with Gasteiger partial charge in [-0.15, -0.1) is 11.3 Å². The van der Waals surface area contributed by atoms with E-state index in [1.165, 1.54) is 6.92 Å². The van der Waals surface area contributed by atoms with Gasteiger partial charge in [-0.05, 0) is 13.0 Å². The Hall–Kier alpha value is -2.30. The second-order valence-corrected chi connectivity index (χ2v) is 8.19. The van der Waals surface area contributed by atoms with Crippen LogP contribution in [0.25, 0.3) is 10.1 Å². The van der Waals surface area contributed by atoms with E-state index in [9.17, 15) is 52.7 Å². The van der Waals surface area contributed by atoms with Gasteiger partial charge in [0.1, 0.15) is 0 Å². The Balaban J connectivity index is 2.64. The van der Waals surface area contributed by atoms with Crippen molar-refractivity contribution in [1.82, 2.24) is 4.98 Å². The summed E-state index contributed by atoms with van der Waals surface area (Å²) >= 11 is 0.376. The van der Waals surface area contributed by atoms with Crippen molar-refractivity contribution in [3.63, 3.8) is 0 Å².